The Bertz CT molecular complexity index is 1420. The summed E-state index contributed by atoms with van der Waals surface area (Å²) in [5.41, 5.74) is 0. The summed E-state index contributed by atoms with van der Waals surface area (Å²) < 4.78 is 0. The highest BCUT2D eigenvalue weighted by molar-refractivity contribution is 4.72. The molecule has 0 aliphatic carbocycles. The molecule has 15 heteroatoms. The van der Waals surface area contributed by atoms with Gasteiger partial charge in [-0.3, -0.25) is 0 Å². The molecule has 0 N–H and O–H groups in total. The number of hydrogen-bond acceptors (Lipinski definition) is 15. The van der Waals surface area contributed by atoms with Gasteiger partial charge in [0.05, 0.1) is 0 Å². The van der Waals surface area contributed by atoms with E-state index in [0.717, 1.165) is 0 Å². The van der Waals surface area contributed by atoms with Crippen LogP contribution in [0, 0.1) is 0 Å². The molecule has 0 aromatic heterocycles. The first-order valence-electron chi connectivity index (χ1n) is 43.6. The summed E-state index contributed by atoms with van der Waals surface area (Å²) in [4.78, 5) is 37.2. The first-order chi connectivity index (χ1) is 47.9. The van der Waals surface area contributed by atoms with E-state index in [9.17, 15) is 0 Å². The fourth-order valence-corrected chi connectivity index (χ4v) is 14.4. The van der Waals surface area contributed by atoms with Crippen LogP contribution in [0.15, 0.2) is 0 Å². The van der Waals surface area contributed by atoms with Gasteiger partial charge < -0.3 is 73.5 Å². The van der Waals surface area contributed by atoms with Crippen LogP contribution in [0.25, 0.3) is 0 Å². The van der Waals surface area contributed by atoms with Gasteiger partial charge in [-0.2, -0.15) is 0 Å². The highest BCUT2D eigenvalue weighted by Crippen LogP contribution is 2.13. The lowest BCUT2D eigenvalue weighted by Gasteiger charge is -2.31. The molecule has 0 atom stereocenters. The molecule has 0 aromatic rings. The molecule has 0 spiro atoms. The van der Waals surface area contributed by atoms with Gasteiger partial charge in [0.2, 0.25) is 0 Å². The van der Waals surface area contributed by atoms with Gasteiger partial charge in [0.15, 0.2) is 0 Å². The summed E-state index contributed by atoms with van der Waals surface area (Å²) >= 11 is 0. The standard InChI is InChI=1S/2C8H18N2.3C8H17N.C7H16N2.3C7H15N.C6H13N.C5H11N.C4H9N.5CH4/c2*1-3-10-6-4-5-9(2)7-8-10;3*1-2-9-7-5-3-4-6-8-9;1-3-9-6-4-8(2)5-7-9;3*1-2-8-6-4-3-5-7-8;1-2-7-5-3-4-6-7;1-2-6-4-3-5-6;1-2-5-3-4-5;;;;;/h2*3-8H2,1-2H3;3*2-8H2,1H3;3-7H2,1-2H3;3*2-7H2,1H3;2-6H2,1H3;2-5H2,1H3;2-4H2,1H3;5*1H4. The van der Waals surface area contributed by atoms with Crippen molar-refractivity contribution in [2.45, 2.75) is 287 Å². The summed E-state index contributed by atoms with van der Waals surface area (Å²) in [7, 11) is 6.60. The van der Waals surface area contributed by atoms with Gasteiger partial charge >= 0.3 is 0 Å². The number of likely N-dealkylation sites (tertiary alicyclic amines) is 8. The molecule has 12 saturated heterocycles. The van der Waals surface area contributed by atoms with Crippen molar-refractivity contribution in [3.05, 3.63) is 0 Å². The molecule has 0 amide bonds. The number of piperidine rings is 3. The van der Waals surface area contributed by atoms with Crippen LogP contribution in [0.2, 0.25) is 0 Å². The van der Waals surface area contributed by atoms with E-state index in [-0.39, 0.29) is 37.1 Å². The Hall–Kier alpha value is -0.600. The zero-order valence-electron chi connectivity index (χ0n) is 69.8. The number of piperazine rings is 1. The van der Waals surface area contributed by atoms with E-state index in [1.165, 1.54) is 442 Å². The van der Waals surface area contributed by atoms with Crippen molar-refractivity contribution in [3.63, 3.8) is 0 Å². The van der Waals surface area contributed by atoms with E-state index in [0.29, 0.717) is 0 Å². The van der Waals surface area contributed by atoms with Crippen molar-refractivity contribution in [2.24, 2.45) is 0 Å². The largest absolute Gasteiger partial charge is 0.305 e. The average molecular weight is 1470 g/mol. The smallest absolute Gasteiger partial charge is 0.0110 e. The molecule has 0 aromatic carbocycles. The molecular formula is C88H201N15. The lowest BCUT2D eigenvalue weighted by atomic mass is 10.1. The zero-order chi connectivity index (χ0) is 71.7. The molecule has 12 heterocycles. The third kappa shape index (κ3) is 66.9. The fourth-order valence-electron chi connectivity index (χ4n) is 14.4. The first-order valence-corrected chi connectivity index (χ1v) is 43.6. The van der Waals surface area contributed by atoms with E-state index >= 15 is 0 Å². The molecule has 12 rings (SSSR count). The van der Waals surface area contributed by atoms with Crippen LogP contribution in [-0.4, -0.2) is 370 Å². The molecule has 0 saturated carbocycles. The third-order valence-corrected chi connectivity index (χ3v) is 22.7. The highest BCUT2D eigenvalue weighted by atomic mass is 15.3. The van der Waals surface area contributed by atoms with Crippen LogP contribution in [-0.2, 0) is 0 Å². The molecule has 12 aliphatic rings. The normalized spacial score (nSPS) is 22.7. The molecule has 628 valence electrons. The van der Waals surface area contributed by atoms with Crippen molar-refractivity contribution in [1.29, 1.82) is 0 Å². The third-order valence-electron chi connectivity index (χ3n) is 22.7. The average Bonchev–Trinajstić information content (AvgIpc) is 1.38. The number of likely N-dealkylation sites (N-methyl/N-ethyl adjacent to an activating group) is 7. The second-order valence-corrected chi connectivity index (χ2v) is 30.3. The second kappa shape index (κ2) is 80.9. The molecular weight excluding hydrogens is 1270 g/mol. The minimum Gasteiger partial charge on any atom is -0.305 e. The van der Waals surface area contributed by atoms with Crippen LogP contribution in [0.4, 0.5) is 0 Å². The minimum absolute atomic E-state index is 0. The number of rotatable bonds is 12. The van der Waals surface area contributed by atoms with Gasteiger partial charge in [-0.25, -0.2) is 0 Å². The van der Waals surface area contributed by atoms with E-state index in [1.54, 1.807) is 0 Å². The highest BCUT2D eigenvalue weighted by Gasteiger charge is 2.16. The van der Waals surface area contributed by atoms with Crippen molar-refractivity contribution < 1.29 is 0 Å². The van der Waals surface area contributed by atoms with Gasteiger partial charge in [-0.15, -0.1) is 0 Å². The van der Waals surface area contributed by atoms with E-state index in [4.69, 9.17) is 0 Å². The Kier molecular flexibility index (Phi) is 87.2. The maximum absolute atomic E-state index is 2.55. The summed E-state index contributed by atoms with van der Waals surface area (Å²) in [6.45, 7) is 81.0. The number of nitrogens with zero attached hydrogens (tertiary/aromatic N) is 15. The van der Waals surface area contributed by atoms with E-state index in [2.05, 4.69) is 178 Å². The summed E-state index contributed by atoms with van der Waals surface area (Å²) in [6, 6.07) is 0. The summed E-state index contributed by atoms with van der Waals surface area (Å²) in [6.07, 6.45) is 37.1. The molecule has 0 unspecified atom stereocenters. The zero-order valence-corrected chi connectivity index (χ0v) is 69.8. The molecule has 12 fully saturated rings. The molecule has 103 heavy (non-hydrogen) atoms. The van der Waals surface area contributed by atoms with Crippen molar-refractivity contribution >= 4 is 0 Å². The van der Waals surface area contributed by atoms with Gasteiger partial charge in [-0.05, 0) is 340 Å². The predicted octanol–water partition coefficient (Wildman–Crippen LogP) is 17.0. The Morgan fingerprint density at radius 3 is 0.359 bits per heavy atom. The van der Waals surface area contributed by atoms with E-state index in [1.807, 2.05) is 0 Å². The Morgan fingerprint density at radius 2 is 0.214 bits per heavy atom. The second-order valence-electron chi connectivity index (χ2n) is 30.3. The Balaban J connectivity index is -0.000000339. The predicted molar refractivity (Wildman–Crippen MR) is 472 cm³/mol. The first kappa shape index (κ1) is 111. The van der Waals surface area contributed by atoms with Gasteiger partial charge in [-0.1, -0.05) is 178 Å². The van der Waals surface area contributed by atoms with Crippen LogP contribution >= 0.6 is 0 Å². The SMILES string of the molecule is C.C.C.C.C.CCN1CC1.CCN1CCC1.CCN1CCCC1.CCN1CCCCC1.CCN1CCCCC1.CCN1CCCCC1.CCN1CCCCCC1.CCN1CCCCCC1.CCN1CCCCCC1.CCN1CCCN(C)CC1.CCN1CCCN(C)CC1.CCN1CCN(C)CC1. The topological polar surface area (TPSA) is 48.4 Å². The van der Waals surface area contributed by atoms with Crippen molar-refractivity contribution in [3.8, 4) is 0 Å². The Labute approximate surface area is 653 Å². The molecule has 12 aliphatic heterocycles. The fraction of sp³-hybridized carbons (Fsp3) is 1.00. The van der Waals surface area contributed by atoms with Crippen LogP contribution in [0.5, 0.6) is 0 Å². The maximum atomic E-state index is 2.55. The lowest BCUT2D eigenvalue weighted by molar-refractivity contribution is 0.160. The Morgan fingerprint density at radius 1 is 0.117 bits per heavy atom. The van der Waals surface area contributed by atoms with Crippen molar-refractivity contribution in [1.82, 2.24) is 73.5 Å². The number of hydrogen-bond donors (Lipinski definition) is 0. The van der Waals surface area contributed by atoms with Crippen LogP contribution < -0.4 is 0 Å². The lowest BCUT2D eigenvalue weighted by Crippen LogP contribution is -2.44. The van der Waals surface area contributed by atoms with Crippen molar-refractivity contribution in [2.75, 3.05) is 296 Å². The summed E-state index contributed by atoms with van der Waals surface area (Å²) in [5.74, 6) is 0. The van der Waals surface area contributed by atoms with Crippen LogP contribution in [0.1, 0.15) is 287 Å². The molecule has 0 radical (unpaired) electrons. The maximum Gasteiger partial charge on any atom is 0.0110 e. The minimum atomic E-state index is 0. The van der Waals surface area contributed by atoms with Gasteiger partial charge in [0.25, 0.3) is 0 Å². The summed E-state index contributed by atoms with van der Waals surface area (Å²) in [5, 5.41) is 0. The molecule has 0 bridgehead atoms. The molecule has 15 nitrogen and oxygen atoms in total. The van der Waals surface area contributed by atoms with Crippen LogP contribution in [0.3, 0.4) is 0 Å². The quantitative estimate of drug-likeness (QED) is 0.174. The monoisotopic (exact) mass is 1470 g/mol. The van der Waals surface area contributed by atoms with E-state index < -0.39 is 0 Å². The van der Waals surface area contributed by atoms with Gasteiger partial charge in [0, 0.05) is 65.4 Å². The van der Waals surface area contributed by atoms with Gasteiger partial charge in [0.1, 0.15) is 0 Å².